The van der Waals surface area contributed by atoms with Gasteiger partial charge in [0.2, 0.25) is 0 Å². The molecule has 10 aromatic heterocycles. The van der Waals surface area contributed by atoms with Gasteiger partial charge >= 0.3 is 0 Å². The van der Waals surface area contributed by atoms with Gasteiger partial charge in [-0.3, -0.25) is 19.0 Å². The van der Waals surface area contributed by atoms with Crippen LogP contribution in [0.2, 0.25) is 10.3 Å². The zero-order valence-corrected chi connectivity index (χ0v) is 103. The first-order valence-electron chi connectivity index (χ1n) is 49.2. The van der Waals surface area contributed by atoms with Gasteiger partial charge in [0.15, 0.2) is 11.5 Å². The molecule has 0 saturated heterocycles. The molecule has 0 fully saturated rings. The Balaban J connectivity index is 0.000000802. The van der Waals surface area contributed by atoms with E-state index in [0.717, 1.165) is 126 Å². The standard InChI is InChI=1S/C11H14N2.C10H14N2.C10H17NOS.C10H17NS.C10H13N.C10H12O.C9H14N2O.C9H12N2.C9H15NS.C8H13ClN2.C8H14N2.C7H11BrN2.C7H11ClN2.CH4/c1-11(2,3)10-12-8-6-4-5-7-9(8)13-10;1-6-8-7(2)11-9(12-8)10(3,4)5;1-10(2,3)8-6-7-9(11-8)13(4,5)12;1-10(2,3)8-6-7-9(11-8)12(4)5;1-5-8-6-9(11-7-8)10(2,3)4;1-5-8-6-7-9(11-8)10(2,3)4;1-6(12)7-5-10-8(11-7)9(2,3)4;1-5-7-6-10-8(11-7)9(2,3)4;1-9(2,3)7-5-6-8(10-7)11-4;1-5-6(9)11-7(10-5)8(2,3)4;1-6-5-9-7(10-6)8(2,3)4;2*1-7(2,3)6-9-4-5(8)10-6;/h4-7H,1-3H3,(H,12,13);1H,2-5H3,(H,11,12);6H,4,7H2,1-3,5H3;6H,4,7H2,1-3,5H3;1,6-7,11H,2-4H3;1,6-7H,2-4H3;5H,1-4H3,(H,10,11);1,6H,2-4H3,(H,10,11);5H,6H2,1-4H3;1-4H3,(H,10,11);5H,1-4H3,(H,9,10);2*4H,1-3H3,(H,9,10);1H4. The van der Waals surface area contributed by atoms with Gasteiger partial charge in [-0.25, -0.2) is 44.9 Å². The maximum Gasteiger partial charge on any atom is 0.177 e. The number of thioether (sulfide) groups is 1. The predicted octanol–water partition coefficient (Wildman–Crippen LogP) is 31.7. The average molecular weight is 2190 g/mol. The number of fused-ring (bicyclic) bond motifs is 1. The molecule has 0 radical (unpaired) electrons. The minimum absolute atomic E-state index is 0. The molecule has 9 N–H and O–H groups in total. The van der Waals surface area contributed by atoms with Crippen molar-refractivity contribution in [2.45, 2.75) is 379 Å². The summed E-state index contributed by atoms with van der Waals surface area (Å²) >= 11 is 16.5. The topological polar surface area (TPSA) is 330 Å². The molecule has 0 spiro atoms. The van der Waals surface area contributed by atoms with E-state index >= 15 is 0 Å². The second-order valence-electron chi connectivity index (χ2n) is 49.6. The fourth-order valence-electron chi connectivity index (χ4n) is 11.9. The Labute approximate surface area is 917 Å². The number of carbonyl (C=O) groups is 1. The fourth-order valence-corrected chi connectivity index (χ4v) is 14.2. The number of aliphatic imine (C=N–C) groups is 3. The van der Waals surface area contributed by atoms with Crippen molar-refractivity contribution in [3.63, 3.8) is 0 Å². The quantitative estimate of drug-likeness (QED) is 0.0421. The van der Waals surface area contributed by atoms with E-state index in [-0.39, 0.29) is 94.1 Å². The minimum atomic E-state index is -2.10. The summed E-state index contributed by atoms with van der Waals surface area (Å²) in [6, 6.07) is 13.9. The third kappa shape index (κ3) is 48.6. The van der Waals surface area contributed by atoms with E-state index < -0.39 is 9.52 Å². The number of hydrogen-bond donors (Lipinski definition) is 9. The maximum absolute atomic E-state index is 11.6. The highest BCUT2D eigenvalue weighted by Crippen LogP contribution is 2.37. The van der Waals surface area contributed by atoms with Crippen LogP contribution in [-0.2, 0) is 63.7 Å². The summed E-state index contributed by atoms with van der Waals surface area (Å²) in [6.45, 7) is 90.2. The highest BCUT2D eigenvalue weighted by atomic mass is 79.9. The molecule has 29 heteroatoms. The van der Waals surface area contributed by atoms with Crippen molar-refractivity contribution in [3.8, 4) is 49.4 Å². The number of terminal acetylenes is 4. The molecule has 0 bridgehead atoms. The van der Waals surface area contributed by atoms with Crippen LogP contribution in [0.4, 0.5) is 0 Å². The van der Waals surface area contributed by atoms with Gasteiger partial charge in [0, 0.05) is 164 Å². The summed E-state index contributed by atoms with van der Waals surface area (Å²) in [5, 5.41) is 4.41. The number of furan rings is 1. The van der Waals surface area contributed by atoms with Crippen molar-refractivity contribution in [2.75, 3.05) is 18.8 Å². The van der Waals surface area contributed by atoms with Gasteiger partial charge in [-0.05, 0) is 97.3 Å². The first-order valence-corrected chi connectivity index (χ1v) is 56.0. The molecule has 148 heavy (non-hydrogen) atoms. The molecule has 1 aromatic carbocycles. The van der Waals surface area contributed by atoms with Gasteiger partial charge in [-0.1, -0.05) is 349 Å². The lowest BCUT2D eigenvalue weighted by Crippen LogP contribution is -2.13. The van der Waals surface area contributed by atoms with Crippen LogP contribution in [-0.4, -0.2) is 140 Å². The molecule has 0 amide bonds. The number of rotatable bonds is 1. The molecule has 13 heterocycles. The van der Waals surface area contributed by atoms with Gasteiger partial charge in [-0.2, -0.15) is 10.5 Å². The molecule has 3 aliphatic heterocycles. The fraction of sp³-hybridized carbons (Fsp3) is 0.529. The zero-order valence-electron chi connectivity index (χ0n) is 97.6. The molecule has 0 aliphatic carbocycles. The van der Waals surface area contributed by atoms with Crippen LogP contribution in [0.3, 0.4) is 0 Å². The molecule has 23 nitrogen and oxygen atoms in total. The number of aromatic amines is 9. The van der Waals surface area contributed by atoms with Gasteiger partial charge in [-0.15, -0.1) is 37.5 Å². The zero-order chi connectivity index (χ0) is 114. The lowest BCUT2D eigenvalue weighted by Gasteiger charge is -2.16. The van der Waals surface area contributed by atoms with Crippen molar-refractivity contribution in [1.29, 1.82) is 0 Å². The Kier molecular flexibility index (Phi) is 51.3. The van der Waals surface area contributed by atoms with Crippen molar-refractivity contribution in [2.24, 2.45) is 31.2 Å². The Bertz CT molecular complexity index is 6250. The highest BCUT2D eigenvalue weighted by molar-refractivity contribution is 9.10. The summed E-state index contributed by atoms with van der Waals surface area (Å²) in [6.07, 6.45) is 46.3. The van der Waals surface area contributed by atoms with Gasteiger partial charge < -0.3 is 49.3 Å². The van der Waals surface area contributed by atoms with Crippen LogP contribution in [0.15, 0.2) is 139 Å². The maximum atomic E-state index is 11.6. The van der Waals surface area contributed by atoms with E-state index in [2.05, 4.69) is 452 Å². The number of allylic oxidation sites excluding steroid dienone is 6. The number of nitrogens with zero attached hydrogens (tertiary/aromatic N) is 11. The molecule has 814 valence electrons. The summed E-state index contributed by atoms with van der Waals surface area (Å²) in [4.78, 5) is 86.4. The SMILES string of the molecule is C.C#Cc1c[nH]c(C(C)(C)C)c1.C#Cc1ccc(C(C)(C)C)o1.C#Cc1cnc(C(C)(C)C)[nH]1.C#Cc1nc(C(C)(C)C)[nH]c1C.C=S(C)(=O)C1=NC(C(C)(C)C)=CC1.C=S(C)C1=NC(C(C)(C)C)=CC1.CC(=O)c1cnc(C(C)(C)C)[nH]1.CC(C)(C)c1nc2ccccc2[nH]1.CC(C)(C)c1ncc(Br)[nH]1.CC(C)(C)c1ncc(Cl)[nH]1.CSC1=NC(C(C)(C)C)=CC1.Cc1[nH]c(C(C)(C)C)nc1Cl.Cc1cnc(C(C)(C)C)[nH]1. The number of aromatic nitrogens is 17. The van der Waals surface area contributed by atoms with Gasteiger partial charge in [0.1, 0.15) is 84.3 Å². The molecule has 14 rings (SSSR count). The number of Topliss-reactive ketones (excluding diaryl/α,β-unsaturated/α-hetero) is 1. The predicted molar refractivity (Wildman–Crippen MR) is 647 cm³/mol. The van der Waals surface area contributed by atoms with E-state index in [0.29, 0.717) is 28.2 Å². The second-order valence-corrected chi connectivity index (χ2v) is 56.3. The Morgan fingerprint density at radius 2 is 0.912 bits per heavy atom. The molecule has 0 saturated carbocycles. The van der Waals surface area contributed by atoms with E-state index in [1.54, 1.807) is 42.8 Å². The van der Waals surface area contributed by atoms with Gasteiger partial charge in [0.25, 0.3) is 0 Å². The Morgan fingerprint density at radius 1 is 0.473 bits per heavy atom. The number of halogens is 3. The number of carbonyl (C=O) groups excluding carboxylic acids is 1. The summed E-state index contributed by atoms with van der Waals surface area (Å²) in [5.74, 6) is 27.0. The molecule has 11 aromatic rings. The van der Waals surface area contributed by atoms with Crippen LogP contribution in [0.1, 0.15) is 412 Å². The Hall–Kier alpha value is -10.5. The number of H-pyrrole nitrogens is 9. The van der Waals surface area contributed by atoms with Crippen LogP contribution in [0.5, 0.6) is 0 Å². The summed E-state index contributed by atoms with van der Waals surface area (Å²) in [5.41, 5.74) is 14.1. The van der Waals surface area contributed by atoms with Crippen LogP contribution < -0.4 is 0 Å². The first-order chi connectivity index (χ1) is 66.6. The number of hydrogen-bond acceptors (Lipinski definition) is 15. The summed E-state index contributed by atoms with van der Waals surface area (Å²) in [7, 11) is -2.00. The summed E-state index contributed by atoms with van der Waals surface area (Å²) < 4.78 is 17.9. The minimum Gasteiger partial charge on any atom is -0.452 e. The third-order valence-electron chi connectivity index (χ3n) is 21.1. The first kappa shape index (κ1) is 136. The number of imidazole rings is 8. The smallest absolute Gasteiger partial charge is 0.177 e. The largest absolute Gasteiger partial charge is 0.452 e. The second kappa shape index (κ2) is 56.0. The molecule has 2 atom stereocenters. The highest BCUT2D eigenvalue weighted by Gasteiger charge is 2.29. The van der Waals surface area contributed by atoms with Crippen molar-refractivity contribution in [1.82, 2.24) is 84.7 Å². The third-order valence-corrected chi connectivity index (χ3v) is 25.1. The van der Waals surface area contributed by atoms with E-state index in [1.807, 2.05) is 75.6 Å². The lowest BCUT2D eigenvalue weighted by atomic mass is 9.92. The number of para-hydroxylation sites is 2. The van der Waals surface area contributed by atoms with Gasteiger partial charge in [0.05, 0.1) is 56.6 Å². The molecule has 2 unspecified atom stereocenters. The van der Waals surface area contributed by atoms with Crippen LogP contribution in [0, 0.1) is 86.4 Å². The normalized spacial score (nSPS) is 13.7. The van der Waals surface area contributed by atoms with E-state index in [1.165, 1.54) is 34.1 Å². The number of nitrogens with one attached hydrogen (secondary N) is 9. The van der Waals surface area contributed by atoms with E-state index in [9.17, 15) is 9.00 Å². The monoisotopic (exact) mass is 2180 g/mol. The van der Waals surface area contributed by atoms with E-state index in [4.69, 9.17) is 53.3 Å². The lowest BCUT2D eigenvalue weighted by molar-refractivity contribution is 0.101. The van der Waals surface area contributed by atoms with Crippen LogP contribution in [0.25, 0.3) is 11.0 Å². The van der Waals surface area contributed by atoms with Crippen molar-refractivity contribution >= 4 is 115 Å². The molecular weight excluding hydrogens is 2000 g/mol. The van der Waals surface area contributed by atoms with Crippen molar-refractivity contribution in [3.05, 3.63) is 233 Å². The Morgan fingerprint density at radius 3 is 1.18 bits per heavy atom. The number of benzene rings is 1. The molecule has 3 aliphatic rings. The average Bonchev–Trinajstić information content (AvgIpc) is 1.67. The number of ketones is 1. The van der Waals surface area contributed by atoms with Crippen molar-refractivity contribution < 1.29 is 13.4 Å². The van der Waals surface area contributed by atoms with Crippen LogP contribution >= 0.6 is 61.4 Å². The number of aryl methyl sites for hydroxylation is 3. The molecular formula is C119H181BrCl2N20O3S3.